The third kappa shape index (κ3) is 4.36. The number of fused-ring (bicyclic) bond motifs is 1. The minimum absolute atomic E-state index is 0.0144. The standard InChI is InChI=1S/C19H16ClN3OS2/c1-3-12-6-14-7-13(8-15(20)18(14)22-10-12)9-16(25-2)19(24)23-11-17-21-4-5-26-17/h1,4-8,10,16H,9,11H2,2H3,(H,23,24). The maximum absolute atomic E-state index is 12.5. The summed E-state index contributed by atoms with van der Waals surface area (Å²) in [5.74, 6) is 2.57. The van der Waals surface area contributed by atoms with Crippen LogP contribution in [-0.4, -0.2) is 27.4 Å². The molecule has 0 aliphatic heterocycles. The summed E-state index contributed by atoms with van der Waals surface area (Å²) < 4.78 is 0. The Kier molecular flexibility index (Phi) is 6.15. The van der Waals surface area contributed by atoms with E-state index in [-0.39, 0.29) is 11.2 Å². The maximum atomic E-state index is 12.5. The van der Waals surface area contributed by atoms with E-state index in [1.54, 1.807) is 12.4 Å². The molecule has 4 nitrogen and oxygen atoms in total. The van der Waals surface area contributed by atoms with E-state index in [0.717, 1.165) is 16.0 Å². The van der Waals surface area contributed by atoms with Crippen LogP contribution in [0.4, 0.5) is 0 Å². The molecule has 1 aromatic carbocycles. The largest absolute Gasteiger partial charge is 0.349 e. The molecule has 0 saturated carbocycles. The summed E-state index contributed by atoms with van der Waals surface area (Å²) >= 11 is 9.39. The summed E-state index contributed by atoms with van der Waals surface area (Å²) in [5.41, 5.74) is 2.39. The fourth-order valence-corrected chi connectivity index (χ4v) is 4.09. The first-order chi connectivity index (χ1) is 12.6. The zero-order valence-corrected chi connectivity index (χ0v) is 16.4. The minimum Gasteiger partial charge on any atom is -0.349 e. The fraction of sp³-hybridized carbons (Fsp3) is 0.211. The van der Waals surface area contributed by atoms with Gasteiger partial charge in [-0.1, -0.05) is 17.5 Å². The average molecular weight is 402 g/mol. The smallest absolute Gasteiger partial charge is 0.233 e. The monoisotopic (exact) mass is 401 g/mol. The van der Waals surface area contributed by atoms with E-state index < -0.39 is 0 Å². The molecule has 0 aliphatic carbocycles. The van der Waals surface area contributed by atoms with Crippen molar-refractivity contribution in [2.24, 2.45) is 0 Å². The molecule has 0 spiro atoms. The van der Waals surface area contributed by atoms with Gasteiger partial charge >= 0.3 is 0 Å². The molecular weight excluding hydrogens is 386 g/mol. The van der Waals surface area contributed by atoms with Gasteiger partial charge in [0.25, 0.3) is 0 Å². The van der Waals surface area contributed by atoms with Gasteiger partial charge in [-0.3, -0.25) is 9.78 Å². The number of hydrogen-bond acceptors (Lipinski definition) is 5. The number of terminal acetylenes is 1. The van der Waals surface area contributed by atoms with Gasteiger partial charge in [-0.15, -0.1) is 17.8 Å². The van der Waals surface area contributed by atoms with E-state index in [1.165, 1.54) is 23.1 Å². The summed E-state index contributed by atoms with van der Waals surface area (Å²) in [6.45, 7) is 0.446. The van der Waals surface area contributed by atoms with Crippen LogP contribution in [0.15, 0.2) is 36.0 Å². The number of thiazole rings is 1. The summed E-state index contributed by atoms with van der Waals surface area (Å²) in [5, 5.41) is 6.95. The van der Waals surface area contributed by atoms with Gasteiger partial charge in [0.05, 0.1) is 22.3 Å². The molecule has 0 fully saturated rings. The molecule has 0 bridgehead atoms. The van der Waals surface area contributed by atoms with Gasteiger partial charge in [-0.2, -0.15) is 11.8 Å². The van der Waals surface area contributed by atoms with Crippen molar-refractivity contribution in [3.05, 3.63) is 57.1 Å². The van der Waals surface area contributed by atoms with E-state index in [4.69, 9.17) is 18.0 Å². The van der Waals surface area contributed by atoms with Crippen LogP contribution in [0.5, 0.6) is 0 Å². The van der Waals surface area contributed by atoms with Crippen molar-refractivity contribution >= 4 is 51.5 Å². The highest BCUT2D eigenvalue weighted by molar-refractivity contribution is 7.99. The first-order valence-corrected chi connectivity index (χ1v) is 10.4. The number of nitrogens with one attached hydrogen (secondary N) is 1. The van der Waals surface area contributed by atoms with Crippen molar-refractivity contribution in [3.63, 3.8) is 0 Å². The number of carbonyl (C=O) groups excluding carboxylic acids is 1. The fourth-order valence-electron chi connectivity index (χ4n) is 2.57. The lowest BCUT2D eigenvalue weighted by Crippen LogP contribution is -2.33. The summed E-state index contributed by atoms with van der Waals surface area (Å²) in [7, 11) is 0. The topological polar surface area (TPSA) is 54.9 Å². The molecule has 132 valence electrons. The van der Waals surface area contributed by atoms with Gasteiger partial charge in [-0.25, -0.2) is 4.98 Å². The van der Waals surface area contributed by atoms with Gasteiger partial charge in [0.1, 0.15) is 5.01 Å². The predicted molar refractivity (Wildman–Crippen MR) is 110 cm³/mol. The van der Waals surface area contributed by atoms with E-state index in [0.29, 0.717) is 29.1 Å². The molecule has 2 aromatic heterocycles. The predicted octanol–water partition coefficient (Wildman–Crippen LogP) is 3.92. The Morgan fingerprint density at radius 1 is 1.42 bits per heavy atom. The lowest BCUT2D eigenvalue weighted by molar-refractivity contribution is -0.120. The Balaban J connectivity index is 1.76. The second-order valence-corrected chi connectivity index (χ2v) is 8.02. The number of pyridine rings is 1. The number of halogens is 1. The van der Waals surface area contributed by atoms with Crippen molar-refractivity contribution in [2.45, 2.75) is 18.2 Å². The Bertz CT molecular complexity index is 967. The lowest BCUT2D eigenvalue weighted by atomic mass is 10.0. The minimum atomic E-state index is -0.216. The van der Waals surface area contributed by atoms with Crippen LogP contribution in [0.25, 0.3) is 10.9 Å². The van der Waals surface area contributed by atoms with Crippen LogP contribution < -0.4 is 5.32 Å². The maximum Gasteiger partial charge on any atom is 0.233 e. The highest BCUT2D eigenvalue weighted by Crippen LogP contribution is 2.26. The van der Waals surface area contributed by atoms with Crippen LogP contribution in [0.2, 0.25) is 5.02 Å². The molecule has 2 heterocycles. The number of hydrogen-bond donors (Lipinski definition) is 1. The van der Waals surface area contributed by atoms with Crippen molar-refractivity contribution in [1.29, 1.82) is 0 Å². The zero-order chi connectivity index (χ0) is 18.5. The van der Waals surface area contributed by atoms with Crippen molar-refractivity contribution in [2.75, 3.05) is 6.26 Å². The average Bonchev–Trinajstić information content (AvgIpc) is 3.17. The number of rotatable bonds is 6. The first-order valence-electron chi connectivity index (χ1n) is 7.84. The number of thioether (sulfide) groups is 1. The summed E-state index contributed by atoms with van der Waals surface area (Å²) in [4.78, 5) is 21.0. The number of nitrogens with zero attached hydrogens (tertiary/aromatic N) is 2. The van der Waals surface area contributed by atoms with Crippen molar-refractivity contribution in [3.8, 4) is 12.3 Å². The zero-order valence-electron chi connectivity index (χ0n) is 14.0. The Morgan fingerprint density at radius 2 is 2.27 bits per heavy atom. The molecule has 1 unspecified atom stereocenters. The van der Waals surface area contributed by atoms with E-state index >= 15 is 0 Å². The molecule has 3 rings (SSSR count). The molecule has 26 heavy (non-hydrogen) atoms. The Labute approximate surface area is 165 Å². The quantitative estimate of drug-likeness (QED) is 0.636. The van der Waals surface area contributed by atoms with Crippen LogP contribution in [0, 0.1) is 12.3 Å². The highest BCUT2D eigenvalue weighted by Gasteiger charge is 2.19. The van der Waals surface area contributed by atoms with Crippen LogP contribution in [-0.2, 0) is 17.8 Å². The third-order valence-electron chi connectivity index (χ3n) is 3.86. The number of aromatic nitrogens is 2. The molecule has 0 radical (unpaired) electrons. The summed E-state index contributed by atoms with van der Waals surface area (Å²) in [6, 6.07) is 5.74. The van der Waals surface area contributed by atoms with Gasteiger partial charge in [0, 0.05) is 28.7 Å². The van der Waals surface area contributed by atoms with Gasteiger partial charge < -0.3 is 5.32 Å². The molecule has 0 aliphatic rings. The van der Waals surface area contributed by atoms with E-state index in [1.807, 2.05) is 29.8 Å². The van der Waals surface area contributed by atoms with Gasteiger partial charge in [-0.05, 0) is 36.4 Å². The molecule has 3 aromatic rings. The van der Waals surface area contributed by atoms with Crippen LogP contribution in [0.1, 0.15) is 16.1 Å². The molecule has 1 N–H and O–H groups in total. The van der Waals surface area contributed by atoms with Crippen molar-refractivity contribution in [1.82, 2.24) is 15.3 Å². The van der Waals surface area contributed by atoms with E-state index in [2.05, 4.69) is 21.2 Å². The second kappa shape index (κ2) is 8.54. The Hall–Kier alpha value is -2.07. The number of benzene rings is 1. The third-order valence-corrected chi connectivity index (χ3v) is 5.88. The molecule has 1 amide bonds. The van der Waals surface area contributed by atoms with Crippen LogP contribution >= 0.6 is 34.7 Å². The molecular formula is C19H16ClN3OS2. The highest BCUT2D eigenvalue weighted by atomic mass is 35.5. The first kappa shape index (κ1) is 18.7. The van der Waals surface area contributed by atoms with Crippen LogP contribution in [0.3, 0.4) is 0 Å². The second-order valence-electron chi connectivity index (χ2n) is 5.59. The molecule has 1 atom stereocenters. The number of amides is 1. The normalized spacial score (nSPS) is 11.9. The lowest BCUT2D eigenvalue weighted by Gasteiger charge is -2.15. The SMILES string of the molecule is C#Cc1cnc2c(Cl)cc(CC(SC)C(=O)NCc3nccs3)cc2c1. The summed E-state index contributed by atoms with van der Waals surface area (Å²) in [6.07, 6.45) is 11.3. The van der Waals surface area contributed by atoms with E-state index in [9.17, 15) is 4.79 Å². The molecule has 7 heteroatoms. The Morgan fingerprint density at radius 3 is 2.96 bits per heavy atom. The number of carbonyl (C=O) groups is 1. The van der Waals surface area contributed by atoms with Gasteiger partial charge in [0.2, 0.25) is 5.91 Å². The molecule has 0 saturated heterocycles. The van der Waals surface area contributed by atoms with Crippen molar-refractivity contribution < 1.29 is 4.79 Å². The van der Waals surface area contributed by atoms with Gasteiger partial charge in [0.15, 0.2) is 0 Å².